The fraction of sp³-hybridized carbons (Fsp3) is 0.353. The maximum atomic E-state index is 12.4. The predicted octanol–water partition coefficient (Wildman–Crippen LogP) is 1.70. The van der Waals surface area contributed by atoms with Crippen LogP contribution in [0.3, 0.4) is 0 Å². The number of hydrogen-bond donors (Lipinski definition) is 2. The lowest BCUT2D eigenvalue weighted by Crippen LogP contribution is -2.39. The van der Waals surface area contributed by atoms with Crippen LogP contribution in [0, 0.1) is 0 Å². The van der Waals surface area contributed by atoms with Crippen LogP contribution in [-0.2, 0) is 16.0 Å². The van der Waals surface area contributed by atoms with Gasteiger partial charge in [0.1, 0.15) is 6.04 Å². The quantitative estimate of drug-likeness (QED) is 0.745. The number of nitrogens with one attached hydrogen (secondary N) is 2. The van der Waals surface area contributed by atoms with E-state index in [4.69, 9.17) is 9.47 Å². The lowest BCUT2D eigenvalue weighted by Gasteiger charge is -2.16. The van der Waals surface area contributed by atoms with E-state index in [2.05, 4.69) is 15.6 Å². The number of nitrogens with zero attached hydrogens (tertiary/aromatic N) is 1. The van der Waals surface area contributed by atoms with Gasteiger partial charge in [-0.15, -0.1) is 11.3 Å². The minimum Gasteiger partial charge on any atom is -0.493 e. The van der Waals surface area contributed by atoms with E-state index in [9.17, 15) is 9.59 Å². The first kappa shape index (κ1) is 18.7. The summed E-state index contributed by atoms with van der Waals surface area (Å²) >= 11 is 1.32. The average molecular weight is 363 g/mol. The first-order valence-corrected chi connectivity index (χ1v) is 8.57. The second-order valence-corrected chi connectivity index (χ2v) is 6.19. The summed E-state index contributed by atoms with van der Waals surface area (Å²) in [4.78, 5) is 28.4. The Balaban J connectivity index is 1.95. The zero-order valence-corrected chi connectivity index (χ0v) is 15.2. The molecule has 0 spiro atoms. The van der Waals surface area contributed by atoms with Crippen molar-refractivity contribution < 1.29 is 19.1 Å². The second kappa shape index (κ2) is 9.03. The van der Waals surface area contributed by atoms with E-state index >= 15 is 0 Å². The Kier molecular flexibility index (Phi) is 6.76. The van der Waals surface area contributed by atoms with Crippen molar-refractivity contribution in [3.8, 4) is 11.5 Å². The molecule has 0 fully saturated rings. The average Bonchev–Trinajstić information content (AvgIpc) is 3.13. The number of amides is 2. The van der Waals surface area contributed by atoms with Crippen LogP contribution in [0.4, 0.5) is 0 Å². The van der Waals surface area contributed by atoms with Gasteiger partial charge in [0.15, 0.2) is 11.5 Å². The third-order valence-electron chi connectivity index (χ3n) is 3.51. The largest absolute Gasteiger partial charge is 0.493 e. The molecule has 0 bridgehead atoms. The molecule has 0 aliphatic rings. The number of ether oxygens (including phenoxy) is 2. The van der Waals surface area contributed by atoms with Crippen LogP contribution in [0.1, 0.15) is 23.4 Å². The molecule has 134 valence electrons. The van der Waals surface area contributed by atoms with E-state index in [1.165, 1.54) is 18.3 Å². The van der Waals surface area contributed by atoms with Crippen molar-refractivity contribution in [2.75, 3.05) is 20.8 Å². The molecule has 0 saturated carbocycles. The molecule has 7 nitrogen and oxygen atoms in total. The monoisotopic (exact) mass is 363 g/mol. The molecule has 0 radical (unpaired) electrons. The molecule has 1 unspecified atom stereocenters. The van der Waals surface area contributed by atoms with Gasteiger partial charge < -0.3 is 20.1 Å². The summed E-state index contributed by atoms with van der Waals surface area (Å²) in [6, 6.07) is 4.89. The van der Waals surface area contributed by atoms with Crippen LogP contribution in [0.25, 0.3) is 0 Å². The first-order chi connectivity index (χ1) is 12.0. The molecule has 25 heavy (non-hydrogen) atoms. The molecule has 8 heteroatoms. The van der Waals surface area contributed by atoms with Crippen LogP contribution in [0.15, 0.2) is 29.9 Å². The van der Waals surface area contributed by atoms with Crippen molar-refractivity contribution in [3.05, 3.63) is 40.3 Å². The first-order valence-electron chi connectivity index (χ1n) is 7.69. The predicted molar refractivity (Wildman–Crippen MR) is 94.9 cm³/mol. The van der Waals surface area contributed by atoms with Gasteiger partial charge in [-0.25, -0.2) is 0 Å². The number of aromatic nitrogens is 1. The topological polar surface area (TPSA) is 89.6 Å². The lowest BCUT2D eigenvalue weighted by molar-refractivity contribution is -0.128. The second-order valence-electron chi connectivity index (χ2n) is 5.27. The standard InChI is InChI=1S/C17H21N3O4S/c1-11(21)20-16(15-9-18-10-25-15)17(22)19-7-6-12-4-5-13(23-2)14(8-12)24-3/h4-5,8-10,16H,6-7H2,1-3H3,(H,19,22)(H,20,21). The van der Waals surface area contributed by atoms with Gasteiger partial charge in [-0.3, -0.25) is 14.6 Å². The highest BCUT2D eigenvalue weighted by atomic mass is 32.1. The van der Waals surface area contributed by atoms with Gasteiger partial charge in [0.05, 0.1) is 24.6 Å². The molecule has 2 N–H and O–H groups in total. The molecular weight excluding hydrogens is 342 g/mol. The minimum atomic E-state index is -0.726. The summed E-state index contributed by atoms with van der Waals surface area (Å²) < 4.78 is 10.5. The number of methoxy groups -OCH3 is 2. The van der Waals surface area contributed by atoms with Gasteiger partial charge in [0.25, 0.3) is 0 Å². The summed E-state index contributed by atoms with van der Waals surface area (Å²) in [7, 11) is 3.16. The molecule has 0 aliphatic heterocycles. The highest BCUT2D eigenvalue weighted by Gasteiger charge is 2.22. The van der Waals surface area contributed by atoms with E-state index in [0.717, 1.165) is 5.56 Å². The fourth-order valence-corrected chi connectivity index (χ4v) is 2.97. The smallest absolute Gasteiger partial charge is 0.248 e. The van der Waals surface area contributed by atoms with Crippen molar-refractivity contribution >= 4 is 23.2 Å². The van der Waals surface area contributed by atoms with Crippen LogP contribution in [0.5, 0.6) is 11.5 Å². The van der Waals surface area contributed by atoms with Crippen molar-refractivity contribution in [2.24, 2.45) is 0 Å². The maximum absolute atomic E-state index is 12.4. The zero-order chi connectivity index (χ0) is 18.2. The van der Waals surface area contributed by atoms with E-state index < -0.39 is 6.04 Å². The third kappa shape index (κ3) is 5.18. The van der Waals surface area contributed by atoms with Crippen LogP contribution in [0.2, 0.25) is 0 Å². The number of benzene rings is 1. The Morgan fingerprint density at radius 1 is 1.24 bits per heavy atom. The number of carbonyl (C=O) groups excluding carboxylic acids is 2. The summed E-state index contributed by atoms with van der Waals surface area (Å²) in [5, 5.41) is 5.49. The Bertz CT molecular complexity index is 719. The van der Waals surface area contributed by atoms with Gasteiger partial charge >= 0.3 is 0 Å². The highest BCUT2D eigenvalue weighted by Crippen LogP contribution is 2.27. The normalized spacial score (nSPS) is 11.5. The highest BCUT2D eigenvalue weighted by molar-refractivity contribution is 7.09. The third-order valence-corrected chi connectivity index (χ3v) is 4.35. The van der Waals surface area contributed by atoms with E-state index in [1.54, 1.807) is 25.9 Å². The van der Waals surface area contributed by atoms with Crippen molar-refractivity contribution in [3.63, 3.8) is 0 Å². The molecule has 1 aromatic heterocycles. The Morgan fingerprint density at radius 2 is 2.00 bits per heavy atom. The SMILES string of the molecule is COc1ccc(CCNC(=O)C(NC(C)=O)c2cncs2)cc1OC. The van der Waals surface area contributed by atoms with Gasteiger partial charge in [-0.1, -0.05) is 6.07 Å². The fourth-order valence-electron chi connectivity index (χ4n) is 2.31. The van der Waals surface area contributed by atoms with E-state index in [1.807, 2.05) is 18.2 Å². The van der Waals surface area contributed by atoms with Crippen molar-refractivity contribution in [1.29, 1.82) is 0 Å². The maximum Gasteiger partial charge on any atom is 0.248 e. The number of carbonyl (C=O) groups is 2. The number of hydrogen-bond acceptors (Lipinski definition) is 6. The van der Waals surface area contributed by atoms with Gasteiger partial charge in [0, 0.05) is 19.7 Å². The van der Waals surface area contributed by atoms with Crippen molar-refractivity contribution in [1.82, 2.24) is 15.6 Å². The molecule has 1 aromatic carbocycles. The van der Waals surface area contributed by atoms with Crippen LogP contribution in [-0.4, -0.2) is 37.6 Å². The van der Waals surface area contributed by atoms with Gasteiger partial charge in [-0.2, -0.15) is 0 Å². The molecule has 1 heterocycles. The molecule has 1 atom stereocenters. The Labute approximate surface area is 150 Å². The van der Waals surface area contributed by atoms with Crippen LogP contribution >= 0.6 is 11.3 Å². The molecule has 2 amide bonds. The summed E-state index contributed by atoms with van der Waals surface area (Å²) in [5.74, 6) is 0.770. The minimum absolute atomic E-state index is 0.264. The summed E-state index contributed by atoms with van der Waals surface area (Å²) in [6.07, 6.45) is 2.21. The number of rotatable bonds is 8. The summed E-state index contributed by atoms with van der Waals surface area (Å²) in [5.41, 5.74) is 2.63. The van der Waals surface area contributed by atoms with Gasteiger partial charge in [0.2, 0.25) is 11.8 Å². The Morgan fingerprint density at radius 3 is 2.60 bits per heavy atom. The van der Waals surface area contributed by atoms with Gasteiger partial charge in [-0.05, 0) is 24.1 Å². The Hall–Kier alpha value is -2.61. The van der Waals surface area contributed by atoms with E-state index in [0.29, 0.717) is 29.3 Å². The molecule has 0 saturated heterocycles. The summed E-state index contributed by atoms with van der Waals surface area (Å²) in [6.45, 7) is 1.81. The molecular formula is C17H21N3O4S. The lowest BCUT2D eigenvalue weighted by atomic mass is 10.1. The molecule has 2 rings (SSSR count). The number of thiazole rings is 1. The van der Waals surface area contributed by atoms with Crippen molar-refractivity contribution in [2.45, 2.75) is 19.4 Å². The zero-order valence-electron chi connectivity index (χ0n) is 14.4. The van der Waals surface area contributed by atoms with E-state index in [-0.39, 0.29) is 11.8 Å². The molecule has 0 aliphatic carbocycles. The van der Waals surface area contributed by atoms with Crippen LogP contribution < -0.4 is 20.1 Å². The molecule has 2 aromatic rings.